The van der Waals surface area contributed by atoms with Crippen LogP contribution in [0.5, 0.6) is 0 Å². The monoisotopic (exact) mass is 246 g/mol. The zero-order valence-electron chi connectivity index (χ0n) is 7.35. The molecule has 13 heavy (non-hydrogen) atoms. The number of nitrogens with two attached hydrogens (primary N) is 1. The van der Waals surface area contributed by atoms with Crippen LogP contribution in [0.25, 0.3) is 0 Å². The Labute approximate surface area is 85.4 Å². The molecule has 0 bridgehead atoms. The van der Waals surface area contributed by atoms with E-state index in [1.165, 1.54) is 6.07 Å². The first-order chi connectivity index (χ1) is 6.19. The molecule has 0 aliphatic carbocycles. The van der Waals surface area contributed by atoms with Gasteiger partial charge in [0.15, 0.2) is 0 Å². The van der Waals surface area contributed by atoms with E-state index in [0.717, 1.165) is 12.0 Å². The average Bonchev–Trinajstić information content (AvgIpc) is 2.13. The standard InChI is InChI=1S/C9H12BrFN2/c1-2-9(13-12)6-3-4-7(10)8(11)5-6/h3-5,9,13H,2,12H2,1H3. The minimum absolute atomic E-state index is 0.0163. The van der Waals surface area contributed by atoms with Gasteiger partial charge in [-0.25, -0.2) is 4.39 Å². The van der Waals surface area contributed by atoms with Gasteiger partial charge in [0.1, 0.15) is 5.82 Å². The Morgan fingerprint density at radius 2 is 2.31 bits per heavy atom. The average molecular weight is 247 g/mol. The molecular formula is C9H12BrFN2. The number of hydrogen-bond acceptors (Lipinski definition) is 2. The van der Waals surface area contributed by atoms with E-state index in [2.05, 4.69) is 21.4 Å². The van der Waals surface area contributed by atoms with Crippen molar-refractivity contribution in [1.82, 2.24) is 5.43 Å². The summed E-state index contributed by atoms with van der Waals surface area (Å²) in [6, 6.07) is 5.03. The molecule has 0 aromatic heterocycles. The smallest absolute Gasteiger partial charge is 0.137 e. The third kappa shape index (κ3) is 2.49. The highest BCUT2D eigenvalue weighted by molar-refractivity contribution is 9.10. The second-order valence-corrected chi connectivity index (χ2v) is 3.66. The highest BCUT2D eigenvalue weighted by Gasteiger charge is 2.08. The first kappa shape index (κ1) is 10.6. The van der Waals surface area contributed by atoms with E-state index in [9.17, 15) is 4.39 Å². The molecule has 1 unspecified atom stereocenters. The zero-order chi connectivity index (χ0) is 9.84. The van der Waals surface area contributed by atoms with E-state index < -0.39 is 0 Å². The summed E-state index contributed by atoms with van der Waals surface area (Å²) in [5.41, 5.74) is 3.50. The number of halogens is 2. The van der Waals surface area contributed by atoms with Crippen LogP contribution in [-0.2, 0) is 0 Å². The third-order valence-corrected chi connectivity index (χ3v) is 2.60. The van der Waals surface area contributed by atoms with Crippen LogP contribution in [0.2, 0.25) is 0 Å². The molecule has 0 aliphatic heterocycles. The second-order valence-electron chi connectivity index (χ2n) is 2.80. The van der Waals surface area contributed by atoms with Gasteiger partial charge in [0.25, 0.3) is 0 Å². The molecule has 0 aliphatic rings. The van der Waals surface area contributed by atoms with Crippen molar-refractivity contribution in [1.29, 1.82) is 0 Å². The van der Waals surface area contributed by atoms with Crippen LogP contribution in [0.1, 0.15) is 24.9 Å². The van der Waals surface area contributed by atoms with Gasteiger partial charge in [-0.05, 0) is 40.0 Å². The van der Waals surface area contributed by atoms with E-state index in [1.54, 1.807) is 6.07 Å². The molecule has 0 saturated carbocycles. The maximum atomic E-state index is 13.1. The van der Waals surface area contributed by atoms with E-state index in [0.29, 0.717) is 4.47 Å². The Balaban J connectivity index is 2.95. The molecule has 1 rings (SSSR count). The van der Waals surface area contributed by atoms with Gasteiger partial charge < -0.3 is 0 Å². The highest BCUT2D eigenvalue weighted by Crippen LogP contribution is 2.21. The Morgan fingerprint density at radius 1 is 1.62 bits per heavy atom. The maximum Gasteiger partial charge on any atom is 0.137 e. The summed E-state index contributed by atoms with van der Waals surface area (Å²) < 4.78 is 13.6. The van der Waals surface area contributed by atoms with Crippen molar-refractivity contribution in [2.75, 3.05) is 0 Å². The van der Waals surface area contributed by atoms with E-state index in [-0.39, 0.29) is 11.9 Å². The Hall–Kier alpha value is -0.450. The van der Waals surface area contributed by atoms with E-state index >= 15 is 0 Å². The zero-order valence-corrected chi connectivity index (χ0v) is 8.94. The summed E-state index contributed by atoms with van der Waals surface area (Å²) in [5, 5.41) is 0. The van der Waals surface area contributed by atoms with Crippen molar-refractivity contribution < 1.29 is 4.39 Å². The van der Waals surface area contributed by atoms with Gasteiger partial charge in [-0.15, -0.1) is 0 Å². The Morgan fingerprint density at radius 3 is 2.77 bits per heavy atom. The third-order valence-electron chi connectivity index (χ3n) is 1.96. The molecule has 0 spiro atoms. The summed E-state index contributed by atoms with van der Waals surface area (Å²) in [6.07, 6.45) is 0.831. The molecule has 1 aromatic rings. The van der Waals surface area contributed by atoms with Crippen molar-refractivity contribution in [3.63, 3.8) is 0 Å². The van der Waals surface area contributed by atoms with Crippen LogP contribution < -0.4 is 11.3 Å². The van der Waals surface area contributed by atoms with E-state index in [1.807, 2.05) is 13.0 Å². The van der Waals surface area contributed by atoms with Gasteiger partial charge in [-0.1, -0.05) is 13.0 Å². The lowest BCUT2D eigenvalue weighted by atomic mass is 10.1. The summed E-state index contributed by atoms with van der Waals surface area (Å²) >= 11 is 3.10. The van der Waals surface area contributed by atoms with Crippen LogP contribution in [0, 0.1) is 5.82 Å². The minimum atomic E-state index is -0.258. The molecule has 1 atom stereocenters. The van der Waals surface area contributed by atoms with Crippen LogP contribution in [0.15, 0.2) is 22.7 Å². The van der Waals surface area contributed by atoms with Gasteiger partial charge in [-0.3, -0.25) is 11.3 Å². The molecule has 2 nitrogen and oxygen atoms in total. The van der Waals surface area contributed by atoms with Gasteiger partial charge >= 0.3 is 0 Å². The van der Waals surface area contributed by atoms with Gasteiger partial charge in [0.05, 0.1) is 4.47 Å². The predicted molar refractivity (Wildman–Crippen MR) is 54.5 cm³/mol. The molecule has 0 amide bonds. The Bertz CT molecular complexity index is 287. The topological polar surface area (TPSA) is 38.0 Å². The minimum Gasteiger partial charge on any atom is -0.271 e. The summed E-state index contributed by atoms with van der Waals surface area (Å²) in [7, 11) is 0. The molecule has 1 aromatic carbocycles. The lowest BCUT2D eigenvalue weighted by Crippen LogP contribution is -2.27. The predicted octanol–water partition coefficient (Wildman–Crippen LogP) is 2.50. The molecule has 0 radical (unpaired) electrons. The van der Waals surface area contributed by atoms with Crippen LogP contribution in [-0.4, -0.2) is 0 Å². The highest BCUT2D eigenvalue weighted by atomic mass is 79.9. The molecule has 3 N–H and O–H groups in total. The van der Waals surface area contributed by atoms with Crippen LogP contribution >= 0.6 is 15.9 Å². The number of hydrogen-bond donors (Lipinski definition) is 2. The molecule has 0 heterocycles. The number of benzene rings is 1. The first-order valence-electron chi connectivity index (χ1n) is 4.10. The van der Waals surface area contributed by atoms with Crippen molar-refractivity contribution in [2.24, 2.45) is 5.84 Å². The van der Waals surface area contributed by atoms with Crippen LogP contribution in [0.3, 0.4) is 0 Å². The number of nitrogens with one attached hydrogen (secondary N) is 1. The van der Waals surface area contributed by atoms with Crippen molar-refractivity contribution in [3.05, 3.63) is 34.1 Å². The molecule has 4 heteroatoms. The van der Waals surface area contributed by atoms with Crippen molar-refractivity contribution in [3.8, 4) is 0 Å². The van der Waals surface area contributed by atoms with Crippen LogP contribution in [0.4, 0.5) is 4.39 Å². The van der Waals surface area contributed by atoms with Crippen molar-refractivity contribution >= 4 is 15.9 Å². The lowest BCUT2D eigenvalue weighted by molar-refractivity contribution is 0.532. The fraction of sp³-hybridized carbons (Fsp3) is 0.333. The van der Waals surface area contributed by atoms with Crippen molar-refractivity contribution in [2.45, 2.75) is 19.4 Å². The first-order valence-corrected chi connectivity index (χ1v) is 4.89. The lowest BCUT2D eigenvalue weighted by Gasteiger charge is -2.13. The maximum absolute atomic E-state index is 13.1. The summed E-state index contributed by atoms with van der Waals surface area (Å²) in [5.74, 6) is 5.06. The quantitative estimate of drug-likeness (QED) is 0.636. The van der Waals surface area contributed by atoms with Gasteiger partial charge in [-0.2, -0.15) is 0 Å². The molecule has 0 saturated heterocycles. The van der Waals surface area contributed by atoms with Gasteiger partial charge in [0.2, 0.25) is 0 Å². The van der Waals surface area contributed by atoms with Gasteiger partial charge in [0, 0.05) is 6.04 Å². The SMILES string of the molecule is CCC(NN)c1ccc(Br)c(F)c1. The Kier molecular flexibility index (Phi) is 3.84. The van der Waals surface area contributed by atoms with E-state index in [4.69, 9.17) is 5.84 Å². The summed E-state index contributed by atoms with van der Waals surface area (Å²) in [6.45, 7) is 1.99. The number of rotatable bonds is 3. The fourth-order valence-electron chi connectivity index (χ4n) is 1.18. The normalized spacial score (nSPS) is 12.9. The molecular weight excluding hydrogens is 235 g/mol. The molecule has 0 fully saturated rings. The summed E-state index contributed by atoms with van der Waals surface area (Å²) in [4.78, 5) is 0. The second kappa shape index (κ2) is 4.69. The number of hydrazine groups is 1. The largest absolute Gasteiger partial charge is 0.271 e. The fourth-order valence-corrected chi connectivity index (χ4v) is 1.43. The molecule has 72 valence electrons.